The summed E-state index contributed by atoms with van der Waals surface area (Å²) in [5.41, 5.74) is -1.61. The van der Waals surface area contributed by atoms with E-state index in [1.807, 2.05) is 66.7 Å². The standard InChI is InChI=1S/C21H14N4O4P.C12H10As.C6H5O.Sb/c1-24(14-26)21-18(12-15(13-22)20(25(28)29)19(21)23-27)30(16-8-4-2-5-9-16)17-10-6-3-7-11-17;1-3-7-11(8-4-1)13-12-9-5-2-6-10-12;7-6-4-2-1-3-5-6;/h2-11,14H,1H3;1-10H;1-4,7H;. The number of aromatic hydroxyl groups is 1. The van der Waals surface area contributed by atoms with Crippen LogP contribution in [-0.2, 0) is 4.79 Å². The van der Waals surface area contributed by atoms with E-state index < -0.39 is 45.8 Å². The van der Waals surface area contributed by atoms with E-state index in [-0.39, 0.29) is 32.8 Å². The predicted molar refractivity (Wildman–Crippen MR) is 207 cm³/mol. The number of nitro groups is 1. The van der Waals surface area contributed by atoms with Gasteiger partial charge in [0.05, 0.1) is 0 Å². The molecular weight excluding hydrogens is 832 g/mol. The van der Waals surface area contributed by atoms with E-state index in [9.17, 15) is 30.2 Å². The third-order valence-electron chi connectivity index (χ3n) is 7.40. The molecule has 0 aliphatic carbocycles. The van der Waals surface area contributed by atoms with E-state index in [0.717, 1.165) is 15.5 Å². The summed E-state index contributed by atoms with van der Waals surface area (Å²) in [4.78, 5) is 36.8. The molecule has 1 amide bonds. The molecule has 6 aromatic carbocycles. The number of hydrogen-bond donors (Lipinski definition) is 1. The number of phenolic OH excluding ortho intramolecular Hbond substituents is 1. The summed E-state index contributed by atoms with van der Waals surface area (Å²) in [5, 5.41) is 38.2. The molecular formula is C39H29AsN4O5PSb. The minimum atomic E-state index is -1.91. The number of nitroso groups, excluding NO2 is 1. The molecule has 0 atom stereocenters. The van der Waals surface area contributed by atoms with Gasteiger partial charge < -0.3 is 0 Å². The minimum absolute atomic E-state index is 0.00798. The van der Waals surface area contributed by atoms with Crippen molar-refractivity contribution < 1.29 is 14.8 Å². The fraction of sp³-hybridized carbons (Fsp3) is 0.0256. The van der Waals surface area contributed by atoms with Gasteiger partial charge in [-0.05, 0) is 0 Å². The SMILES string of the molecule is CN(C=O)c1c(N=O)c([N+](=O)[O-])c(C#N)[c]([Sb][c]2ccccc2O)c1P(c1ccccc1)c1ccccc1.c1ccc([As]c2ccccc2)cc1. The molecule has 0 saturated carbocycles. The first-order valence-corrected chi connectivity index (χ1v) is 21.2. The average molecular weight is 861 g/mol. The fourth-order valence-electron chi connectivity index (χ4n) is 5.16. The summed E-state index contributed by atoms with van der Waals surface area (Å²) in [6, 6.07) is 48.7. The van der Waals surface area contributed by atoms with E-state index in [2.05, 4.69) is 65.8 Å². The summed E-state index contributed by atoms with van der Waals surface area (Å²) < 4.78 is 3.88. The molecule has 12 heteroatoms. The Labute approximate surface area is 313 Å². The zero-order valence-corrected chi connectivity index (χ0v) is 32.5. The van der Waals surface area contributed by atoms with E-state index in [1.165, 1.54) is 21.8 Å². The Bertz CT molecular complexity index is 2100. The Morgan fingerprint density at radius 1 is 0.824 bits per heavy atom. The van der Waals surface area contributed by atoms with E-state index in [0.29, 0.717) is 18.7 Å². The van der Waals surface area contributed by atoms with E-state index in [4.69, 9.17) is 0 Å². The van der Waals surface area contributed by atoms with Gasteiger partial charge in [-0.15, -0.1) is 0 Å². The molecule has 0 aliphatic rings. The Morgan fingerprint density at radius 2 is 1.29 bits per heavy atom. The first kappa shape index (κ1) is 37.1. The summed E-state index contributed by atoms with van der Waals surface area (Å²) >= 11 is -1.73. The molecule has 9 nitrogen and oxygen atoms in total. The van der Waals surface area contributed by atoms with Crippen molar-refractivity contribution in [2.45, 2.75) is 0 Å². The molecule has 0 fully saturated rings. The van der Waals surface area contributed by atoms with Crippen molar-refractivity contribution >= 4 is 100 Å². The topological polar surface area (TPSA) is 137 Å². The van der Waals surface area contributed by atoms with Crippen LogP contribution in [0.3, 0.4) is 0 Å². The molecule has 2 radical (unpaired) electrons. The predicted octanol–water partition coefficient (Wildman–Crippen LogP) is 3.92. The van der Waals surface area contributed by atoms with Crippen LogP contribution < -0.4 is 36.5 Å². The number of benzene rings is 6. The van der Waals surface area contributed by atoms with Crippen LogP contribution in [0.2, 0.25) is 0 Å². The zero-order valence-electron chi connectivity index (χ0n) is 27.1. The molecule has 51 heavy (non-hydrogen) atoms. The van der Waals surface area contributed by atoms with Crippen molar-refractivity contribution in [3.05, 3.63) is 166 Å². The first-order valence-electron chi connectivity index (χ1n) is 15.4. The maximum absolute atomic E-state index is 12.2. The van der Waals surface area contributed by atoms with Crippen LogP contribution in [0.25, 0.3) is 0 Å². The second kappa shape index (κ2) is 18.2. The number of nitriles is 1. The number of nitro benzene ring substituents is 1. The third-order valence-corrected chi connectivity index (χ3v) is 16.5. The fourth-order valence-corrected chi connectivity index (χ4v) is 13.9. The molecule has 6 rings (SSSR count). The van der Waals surface area contributed by atoms with Gasteiger partial charge >= 0.3 is 316 Å². The van der Waals surface area contributed by atoms with Gasteiger partial charge in [-0.3, -0.25) is 0 Å². The monoisotopic (exact) mass is 860 g/mol. The van der Waals surface area contributed by atoms with Gasteiger partial charge in [0.1, 0.15) is 0 Å². The number of nitrogens with zero attached hydrogens (tertiary/aromatic N) is 4. The molecule has 0 bridgehead atoms. The Balaban J connectivity index is 0.000000323. The molecule has 0 saturated heterocycles. The Hall–Kier alpha value is -5.11. The van der Waals surface area contributed by atoms with Gasteiger partial charge in [0.2, 0.25) is 0 Å². The van der Waals surface area contributed by atoms with Gasteiger partial charge in [0.25, 0.3) is 0 Å². The number of amides is 1. The summed E-state index contributed by atoms with van der Waals surface area (Å²) in [6.45, 7) is 0. The quantitative estimate of drug-likeness (QED) is 0.0525. The molecule has 0 heterocycles. The number of phenols is 1. The van der Waals surface area contributed by atoms with Crippen molar-refractivity contribution in [3.63, 3.8) is 0 Å². The van der Waals surface area contributed by atoms with Crippen LogP contribution in [-0.4, -0.2) is 60.9 Å². The number of carbonyl (C=O) groups is 1. The molecule has 1 N–H and O–H groups in total. The van der Waals surface area contributed by atoms with Crippen LogP contribution in [0.5, 0.6) is 5.75 Å². The number of anilines is 1. The maximum atomic E-state index is 12.2. The second-order valence-corrected chi connectivity index (χ2v) is 18.8. The van der Waals surface area contributed by atoms with E-state index in [1.54, 1.807) is 18.2 Å². The second-order valence-electron chi connectivity index (χ2n) is 10.7. The molecule has 0 unspecified atom stereocenters. The number of hydrogen-bond acceptors (Lipinski definition) is 7. The van der Waals surface area contributed by atoms with Gasteiger partial charge in [0.15, 0.2) is 0 Å². The summed E-state index contributed by atoms with van der Waals surface area (Å²) in [7, 11) is -0.129. The van der Waals surface area contributed by atoms with Crippen molar-refractivity contribution in [1.82, 2.24) is 0 Å². The molecule has 0 aromatic heterocycles. The number of para-hydroxylation sites is 1. The first-order chi connectivity index (χ1) is 24.9. The van der Waals surface area contributed by atoms with Crippen LogP contribution in [0, 0.1) is 26.4 Å². The molecule has 0 spiro atoms. The average Bonchev–Trinajstić information content (AvgIpc) is 3.17. The summed E-state index contributed by atoms with van der Waals surface area (Å²) in [6.07, 6.45) is 0.458. The van der Waals surface area contributed by atoms with Gasteiger partial charge in [-0.25, -0.2) is 0 Å². The molecule has 250 valence electrons. The van der Waals surface area contributed by atoms with Crippen molar-refractivity contribution in [3.8, 4) is 11.8 Å². The van der Waals surface area contributed by atoms with Crippen molar-refractivity contribution in [2.24, 2.45) is 5.18 Å². The number of carbonyl (C=O) groups excluding carboxylic acids is 1. The van der Waals surface area contributed by atoms with Crippen LogP contribution >= 0.6 is 7.92 Å². The normalized spacial score (nSPS) is 10.4. The Kier molecular flexibility index (Phi) is 13.3. The van der Waals surface area contributed by atoms with Crippen LogP contribution in [0.15, 0.2) is 151 Å². The molecule has 0 aliphatic heterocycles. The van der Waals surface area contributed by atoms with Crippen molar-refractivity contribution in [2.75, 3.05) is 11.9 Å². The zero-order chi connectivity index (χ0) is 36.2. The van der Waals surface area contributed by atoms with Crippen LogP contribution in [0.1, 0.15) is 5.56 Å². The van der Waals surface area contributed by atoms with E-state index >= 15 is 0 Å². The summed E-state index contributed by atoms with van der Waals surface area (Å²) in [5.74, 6) is 0.00798. The number of rotatable bonds is 11. The van der Waals surface area contributed by atoms with Crippen molar-refractivity contribution in [1.29, 1.82) is 5.26 Å². The van der Waals surface area contributed by atoms with Gasteiger partial charge in [0, 0.05) is 0 Å². The molecule has 6 aromatic rings. The van der Waals surface area contributed by atoms with Crippen LogP contribution in [0.4, 0.5) is 17.1 Å². The van der Waals surface area contributed by atoms with Gasteiger partial charge in [-0.2, -0.15) is 0 Å². The third kappa shape index (κ3) is 8.98. The Morgan fingerprint density at radius 3 is 1.73 bits per heavy atom. The van der Waals surface area contributed by atoms with Gasteiger partial charge in [-0.1, -0.05) is 0 Å².